The monoisotopic (exact) mass is 251 g/mol. The summed E-state index contributed by atoms with van der Waals surface area (Å²) in [5.41, 5.74) is 1.79. The number of aliphatic hydroxyl groups is 1. The molecule has 0 atom stereocenters. The summed E-state index contributed by atoms with van der Waals surface area (Å²) >= 11 is 0. The van der Waals surface area contributed by atoms with Crippen molar-refractivity contribution in [2.24, 2.45) is 7.05 Å². The largest absolute Gasteiger partial charge is 0.389 e. The Morgan fingerprint density at radius 1 is 1.33 bits per heavy atom. The third kappa shape index (κ3) is 3.56. The molecule has 4 heteroatoms. The molecule has 1 aromatic rings. The van der Waals surface area contributed by atoms with Crippen LogP contribution in [0.1, 0.15) is 49.8 Å². The normalized spacial score (nSPS) is 19.7. The summed E-state index contributed by atoms with van der Waals surface area (Å²) in [6.07, 6.45) is 8.76. The van der Waals surface area contributed by atoms with Gasteiger partial charge in [0.1, 0.15) is 0 Å². The topological polar surface area (TPSA) is 50.1 Å². The van der Waals surface area contributed by atoms with Crippen LogP contribution in [0.3, 0.4) is 0 Å². The zero-order valence-corrected chi connectivity index (χ0v) is 11.6. The van der Waals surface area contributed by atoms with E-state index in [-0.39, 0.29) is 0 Å². The van der Waals surface area contributed by atoms with Crippen LogP contribution in [0.25, 0.3) is 0 Å². The molecule has 0 bridgehead atoms. The predicted octanol–water partition coefficient (Wildman–Crippen LogP) is 1.90. The van der Waals surface area contributed by atoms with Crippen molar-refractivity contribution in [1.29, 1.82) is 0 Å². The summed E-state index contributed by atoms with van der Waals surface area (Å²) in [7, 11) is 1.94. The number of nitrogens with one attached hydrogen (secondary N) is 1. The molecule has 0 radical (unpaired) electrons. The minimum atomic E-state index is -0.493. The molecule has 4 nitrogen and oxygen atoms in total. The zero-order chi connectivity index (χ0) is 13.0. The fourth-order valence-electron chi connectivity index (χ4n) is 2.82. The lowest BCUT2D eigenvalue weighted by atomic mass is 9.94. The molecule has 1 aliphatic carbocycles. The van der Waals surface area contributed by atoms with Crippen molar-refractivity contribution in [3.05, 3.63) is 17.5 Å². The average Bonchev–Trinajstić information content (AvgIpc) is 2.51. The van der Waals surface area contributed by atoms with Gasteiger partial charge in [-0.1, -0.05) is 25.7 Å². The van der Waals surface area contributed by atoms with Gasteiger partial charge in [-0.15, -0.1) is 0 Å². The second-order valence-electron chi connectivity index (χ2n) is 5.66. The van der Waals surface area contributed by atoms with Gasteiger partial charge in [0.05, 0.1) is 11.3 Å². The summed E-state index contributed by atoms with van der Waals surface area (Å²) in [5, 5.41) is 18.2. The van der Waals surface area contributed by atoms with E-state index in [1.807, 2.05) is 24.9 Å². The van der Waals surface area contributed by atoms with E-state index >= 15 is 0 Å². The fraction of sp³-hybridized carbons (Fsp3) is 0.786. The molecule has 1 aromatic heterocycles. The highest BCUT2D eigenvalue weighted by Gasteiger charge is 2.27. The van der Waals surface area contributed by atoms with E-state index in [1.165, 1.54) is 18.4 Å². The lowest BCUT2D eigenvalue weighted by Crippen LogP contribution is -2.39. The van der Waals surface area contributed by atoms with Crippen LogP contribution < -0.4 is 5.32 Å². The lowest BCUT2D eigenvalue weighted by Gasteiger charge is -2.26. The first-order chi connectivity index (χ1) is 8.59. The van der Waals surface area contributed by atoms with E-state index in [4.69, 9.17) is 0 Å². The number of nitrogens with zero attached hydrogens (tertiary/aromatic N) is 2. The van der Waals surface area contributed by atoms with Gasteiger partial charge in [0, 0.05) is 31.9 Å². The molecule has 0 aromatic carbocycles. The van der Waals surface area contributed by atoms with Crippen LogP contribution in [-0.4, -0.2) is 27.0 Å². The summed E-state index contributed by atoms with van der Waals surface area (Å²) in [5.74, 6) is 0. The Kier molecular flexibility index (Phi) is 4.40. The number of hydrogen-bond donors (Lipinski definition) is 2. The summed E-state index contributed by atoms with van der Waals surface area (Å²) in [6, 6.07) is 0. The molecule has 2 N–H and O–H groups in total. The molecule has 0 unspecified atom stereocenters. The van der Waals surface area contributed by atoms with Crippen molar-refractivity contribution in [3.8, 4) is 0 Å². The summed E-state index contributed by atoms with van der Waals surface area (Å²) in [6.45, 7) is 3.51. The Morgan fingerprint density at radius 3 is 2.56 bits per heavy atom. The Balaban J connectivity index is 1.82. The van der Waals surface area contributed by atoms with E-state index in [2.05, 4.69) is 10.4 Å². The Labute approximate surface area is 109 Å². The van der Waals surface area contributed by atoms with Crippen LogP contribution in [0.2, 0.25) is 0 Å². The van der Waals surface area contributed by atoms with Crippen molar-refractivity contribution in [2.45, 2.75) is 57.6 Å². The smallest absolute Gasteiger partial charge is 0.0771 e. The van der Waals surface area contributed by atoms with E-state index in [0.29, 0.717) is 6.54 Å². The van der Waals surface area contributed by atoms with Crippen LogP contribution in [-0.2, 0) is 13.6 Å². The number of aromatic nitrogens is 2. The molecule has 1 fully saturated rings. The van der Waals surface area contributed by atoms with Crippen molar-refractivity contribution in [3.63, 3.8) is 0 Å². The lowest BCUT2D eigenvalue weighted by molar-refractivity contribution is 0.0250. The van der Waals surface area contributed by atoms with Gasteiger partial charge in [0.25, 0.3) is 0 Å². The standard InChI is InChI=1S/C14H25N3O/c1-12-13(10-17(2)16-12)9-15-11-14(18)7-5-3-4-6-8-14/h10,15,18H,3-9,11H2,1-2H3. The molecule has 0 amide bonds. The van der Waals surface area contributed by atoms with Gasteiger partial charge in [-0.2, -0.15) is 5.10 Å². The molecule has 18 heavy (non-hydrogen) atoms. The zero-order valence-electron chi connectivity index (χ0n) is 11.6. The molecule has 0 saturated heterocycles. The van der Waals surface area contributed by atoms with E-state index in [1.54, 1.807) is 0 Å². The highest BCUT2D eigenvalue weighted by Crippen LogP contribution is 2.26. The quantitative estimate of drug-likeness (QED) is 0.804. The minimum Gasteiger partial charge on any atom is -0.389 e. The second kappa shape index (κ2) is 5.85. The molecular weight excluding hydrogens is 226 g/mol. The average molecular weight is 251 g/mol. The van der Waals surface area contributed by atoms with Crippen molar-refractivity contribution >= 4 is 0 Å². The fourth-order valence-corrected chi connectivity index (χ4v) is 2.82. The van der Waals surface area contributed by atoms with Gasteiger partial charge in [-0.3, -0.25) is 4.68 Å². The first-order valence-corrected chi connectivity index (χ1v) is 7.01. The van der Waals surface area contributed by atoms with Crippen LogP contribution in [0.4, 0.5) is 0 Å². The highest BCUT2D eigenvalue weighted by atomic mass is 16.3. The number of aryl methyl sites for hydroxylation is 2. The third-order valence-corrected chi connectivity index (χ3v) is 3.92. The minimum absolute atomic E-state index is 0.493. The maximum atomic E-state index is 10.5. The van der Waals surface area contributed by atoms with Gasteiger partial charge in [-0.05, 0) is 19.8 Å². The molecule has 1 saturated carbocycles. The van der Waals surface area contributed by atoms with Gasteiger partial charge in [-0.25, -0.2) is 0 Å². The van der Waals surface area contributed by atoms with Crippen LogP contribution in [0.15, 0.2) is 6.20 Å². The molecule has 1 aliphatic rings. The Hall–Kier alpha value is -0.870. The van der Waals surface area contributed by atoms with Crippen LogP contribution >= 0.6 is 0 Å². The van der Waals surface area contributed by atoms with Gasteiger partial charge in [0.15, 0.2) is 0 Å². The number of hydrogen-bond acceptors (Lipinski definition) is 3. The van der Waals surface area contributed by atoms with E-state index in [0.717, 1.165) is 37.9 Å². The first-order valence-electron chi connectivity index (χ1n) is 7.01. The van der Waals surface area contributed by atoms with Crippen LogP contribution in [0.5, 0.6) is 0 Å². The molecule has 1 heterocycles. The third-order valence-electron chi connectivity index (χ3n) is 3.92. The van der Waals surface area contributed by atoms with Crippen LogP contribution in [0, 0.1) is 6.92 Å². The van der Waals surface area contributed by atoms with Crippen molar-refractivity contribution in [1.82, 2.24) is 15.1 Å². The van der Waals surface area contributed by atoms with Gasteiger partial charge in [0.2, 0.25) is 0 Å². The summed E-state index contributed by atoms with van der Waals surface area (Å²) < 4.78 is 1.84. The van der Waals surface area contributed by atoms with Crippen molar-refractivity contribution < 1.29 is 5.11 Å². The Bertz CT molecular complexity index is 378. The Morgan fingerprint density at radius 2 is 2.00 bits per heavy atom. The predicted molar refractivity (Wildman–Crippen MR) is 72.3 cm³/mol. The highest BCUT2D eigenvalue weighted by molar-refractivity contribution is 5.14. The van der Waals surface area contributed by atoms with Gasteiger partial charge >= 0.3 is 0 Å². The molecule has 0 spiro atoms. The first kappa shape index (κ1) is 13.6. The van der Waals surface area contributed by atoms with E-state index in [9.17, 15) is 5.11 Å². The number of rotatable bonds is 4. The molecule has 102 valence electrons. The van der Waals surface area contributed by atoms with Crippen molar-refractivity contribution in [2.75, 3.05) is 6.54 Å². The second-order valence-corrected chi connectivity index (χ2v) is 5.66. The summed E-state index contributed by atoms with van der Waals surface area (Å²) in [4.78, 5) is 0. The molecular formula is C14H25N3O. The maximum Gasteiger partial charge on any atom is 0.0771 e. The molecule has 0 aliphatic heterocycles. The SMILES string of the molecule is Cc1nn(C)cc1CNCC1(O)CCCCCC1. The van der Waals surface area contributed by atoms with Gasteiger partial charge < -0.3 is 10.4 Å². The maximum absolute atomic E-state index is 10.5. The molecule has 2 rings (SSSR count). The van der Waals surface area contributed by atoms with E-state index < -0.39 is 5.60 Å².